The van der Waals surface area contributed by atoms with Gasteiger partial charge in [-0.2, -0.15) is 0 Å². The standard InChI is InChI=1S/C17H36O2/c1-5-7-9-10-11-13-17(15-19-4)16(14-18-3)12-8-6-2/h16-17H,5-15H2,1-4H3. The number of unbranched alkanes of at least 4 members (excludes halogenated alkanes) is 5. The Morgan fingerprint density at radius 1 is 0.632 bits per heavy atom. The predicted octanol–water partition coefficient (Wildman–Crippen LogP) is 5.06. The molecular weight excluding hydrogens is 236 g/mol. The zero-order chi connectivity index (χ0) is 14.3. The van der Waals surface area contributed by atoms with Crippen LogP contribution in [0.15, 0.2) is 0 Å². The fourth-order valence-corrected chi connectivity index (χ4v) is 2.81. The lowest BCUT2D eigenvalue weighted by Gasteiger charge is -2.26. The van der Waals surface area contributed by atoms with Gasteiger partial charge in [-0.05, 0) is 24.7 Å². The van der Waals surface area contributed by atoms with Gasteiger partial charge in [0, 0.05) is 27.4 Å². The predicted molar refractivity (Wildman–Crippen MR) is 83.6 cm³/mol. The minimum Gasteiger partial charge on any atom is -0.384 e. The Kier molecular flexibility index (Phi) is 14.3. The van der Waals surface area contributed by atoms with Crippen LogP contribution in [0.3, 0.4) is 0 Å². The summed E-state index contributed by atoms with van der Waals surface area (Å²) in [4.78, 5) is 0. The van der Waals surface area contributed by atoms with Gasteiger partial charge in [0.05, 0.1) is 0 Å². The maximum Gasteiger partial charge on any atom is 0.0493 e. The topological polar surface area (TPSA) is 18.5 Å². The molecule has 2 nitrogen and oxygen atoms in total. The van der Waals surface area contributed by atoms with Gasteiger partial charge in [-0.25, -0.2) is 0 Å². The molecule has 0 aliphatic rings. The summed E-state index contributed by atoms with van der Waals surface area (Å²) in [6.07, 6.45) is 12.0. The molecule has 0 saturated heterocycles. The summed E-state index contributed by atoms with van der Waals surface area (Å²) >= 11 is 0. The average Bonchev–Trinajstić information content (AvgIpc) is 2.42. The van der Waals surface area contributed by atoms with Crippen LogP contribution in [0, 0.1) is 11.8 Å². The van der Waals surface area contributed by atoms with E-state index in [1.165, 1.54) is 57.8 Å². The Balaban J connectivity index is 4.06. The highest BCUT2D eigenvalue weighted by molar-refractivity contribution is 4.70. The molecule has 2 heteroatoms. The van der Waals surface area contributed by atoms with Crippen molar-refractivity contribution in [1.29, 1.82) is 0 Å². The Morgan fingerprint density at radius 2 is 1.11 bits per heavy atom. The van der Waals surface area contributed by atoms with Gasteiger partial charge in [0.1, 0.15) is 0 Å². The molecule has 0 bridgehead atoms. The van der Waals surface area contributed by atoms with E-state index in [0.717, 1.165) is 13.2 Å². The SMILES string of the molecule is CCCCCCCC(COC)C(CCCC)COC. The second-order valence-electron chi connectivity index (χ2n) is 5.78. The number of hydrogen-bond donors (Lipinski definition) is 0. The minimum absolute atomic E-state index is 0.677. The van der Waals surface area contributed by atoms with E-state index in [1.54, 1.807) is 0 Å². The summed E-state index contributed by atoms with van der Waals surface area (Å²) in [6, 6.07) is 0. The van der Waals surface area contributed by atoms with Gasteiger partial charge >= 0.3 is 0 Å². The molecule has 0 aromatic rings. The maximum absolute atomic E-state index is 5.43. The number of methoxy groups -OCH3 is 2. The van der Waals surface area contributed by atoms with Gasteiger partial charge in [-0.3, -0.25) is 0 Å². The molecule has 0 aliphatic carbocycles. The second kappa shape index (κ2) is 14.3. The van der Waals surface area contributed by atoms with Gasteiger partial charge < -0.3 is 9.47 Å². The third-order valence-electron chi connectivity index (χ3n) is 4.04. The van der Waals surface area contributed by atoms with Crippen molar-refractivity contribution in [3.8, 4) is 0 Å². The summed E-state index contributed by atoms with van der Waals surface area (Å²) in [7, 11) is 3.65. The molecule has 0 aromatic carbocycles. The molecule has 0 fully saturated rings. The molecule has 0 spiro atoms. The van der Waals surface area contributed by atoms with Crippen molar-refractivity contribution in [2.24, 2.45) is 11.8 Å². The molecule has 0 amide bonds. The van der Waals surface area contributed by atoms with Crippen LogP contribution in [-0.2, 0) is 9.47 Å². The highest BCUT2D eigenvalue weighted by Gasteiger charge is 2.20. The first-order chi connectivity index (χ1) is 9.29. The van der Waals surface area contributed by atoms with E-state index >= 15 is 0 Å². The Bertz CT molecular complexity index is 171. The van der Waals surface area contributed by atoms with Crippen molar-refractivity contribution >= 4 is 0 Å². The fourth-order valence-electron chi connectivity index (χ4n) is 2.81. The molecule has 116 valence electrons. The monoisotopic (exact) mass is 272 g/mol. The Labute approximate surface area is 121 Å². The van der Waals surface area contributed by atoms with Crippen LogP contribution < -0.4 is 0 Å². The Morgan fingerprint density at radius 3 is 1.58 bits per heavy atom. The second-order valence-corrected chi connectivity index (χ2v) is 5.78. The number of ether oxygens (including phenoxy) is 2. The third-order valence-corrected chi connectivity index (χ3v) is 4.04. The highest BCUT2D eigenvalue weighted by Crippen LogP contribution is 2.25. The molecule has 0 radical (unpaired) electrons. The first-order valence-corrected chi connectivity index (χ1v) is 8.27. The number of rotatable bonds is 14. The quantitative estimate of drug-likeness (QED) is 0.411. The van der Waals surface area contributed by atoms with Gasteiger partial charge in [-0.15, -0.1) is 0 Å². The molecule has 0 aromatic heterocycles. The van der Waals surface area contributed by atoms with Crippen molar-refractivity contribution in [1.82, 2.24) is 0 Å². The average molecular weight is 272 g/mol. The molecule has 19 heavy (non-hydrogen) atoms. The van der Waals surface area contributed by atoms with Crippen LogP contribution >= 0.6 is 0 Å². The van der Waals surface area contributed by atoms with E-state index < -0.39 is 0 Å². The van der Waals surface area contributed by atoms with Crippen LogP contribution in [0.25, 0.3) is 0 Å². The third kappa shape index (κ3) is 10.4. The molecule has 0 N–H and O–H groups in total. The smallest absolute Gasteiger partial charge is 0.0493 e. The van der Waals surface area contributed by atoms with Gasteiger partial charge in [-0.1, -0.05) is 58.8 Å². The molecular formula is C17H36O2. The maximum atomic E-state index is 5.43. The minimum atomic E-state index is 0.677. The van der Waals surface area contributed by atoms with Crippen LogP contribution in [0.1, 0.15) is 71.6 Å². The van der Waals surface area contributed by atoms with Crippen molar-refractivity contribution in [3.05, 3.63) is 0 Å². The van der Waals surface area contributed by atoms with E-state index in [4.69, 9.17) is 9.47 Å². The molecule has 2 unspecified atom stereocenters. The summed E-state index contributed by atoms with van der Waals surface area (Å²) in [5, 5.41) is 0. The molecule has 0 rings (SSSR count). The van der Waals surface area contributed by atoms with E-state index in [9.17, 15) is 0 Å². The van der Waals surface area contributed by atoms with E-state index in [1.807, 2.05) is 14.2 Å². The lowest BCUT2D eigenvalue weighted by atomic mass is 9.85. The largest absolute Gasteiger partial charge is 0.384 e. The van der Waals surface area contributed by atoms with Gasteiger partial charge in [0.2, 0.25) is 0 Å². The first-order valence-electron chi connectivity index (χ1n) is 8.27. The summed E-state index contributed by atoms with van der Waals surface area (Å²) in [5.41, 5.74) is 0. The van der Waals surface area contributed by atoms with Crippen LogP contribution in [0.5, 0.6) is 0 Å². The number of hydrogen-bond acceptors (Lipinski definition) is 2. The van der Waals surface area contributed by atoms with Crippen molar-refractivity contribution < 1.29 is 9.47 Å². The molecule has 2 atom stereocenters. The van der Waals surface area contributed by atoms with Crippen LogP contribution in [-0.4, -0.2) is 27.4 Å². The normalized spacial score (nSPS) is 14.5. The Hall–Kier alpha value is -0.0800. The first kappa shape index (κ1) is 18.9. The zero-order valence-corrected chi connectivity index (χ0v) is 13.7. The summed E-state index contributed by atoms with van der Waals surface area (Å²) < 4.78 is 10.9. The van der Waals surface area contributed by atoms with E-state index in [0.29, 0.717) is 11.8 Å². The molecule has 0 heterocycles. The van der Waals surface area contributed by atoms with Crippen molar-refractivity contribution in [2.75, 3.05) is 27.4 Å². The van der Waals surface area contributed by atoms with Crippen molar-refractivity contribution in [2.45, 2.75) is 71.6 Å². The molecule has 0 aliphatic heterocycles. The summed E-state index contributed by atoms with van der Waals surface area (Å²) in [6.45, 7) is 6.32. The van der Waals surface area contributed by atoms with Gasteiger partial charge in [0.15, 0.2) is 0 Å². The highest BCUT2D eigenvalue weighted by atomic mass is 16.5. The van der Waals surface area contributed by atoms with E-state index in [2.05, 4.69) is 13.8 Å². The van der Waals surface area contributed by atoms with Gasteiger partial charge in [0.25, 0.3) is 0 Å². The van der Waals surface area contributed by atoms with Crippen molar-refractivity contribution in [3.63, 3.8) is 0 Å². The van der Waals surface area contributed by atoms with E-state index in [-0.39, 0.29) is 0 Å². The zero-order valence-electron chi connectivity index (χ0n) is 13.7. The van der Waals surface area contributed by atoms with Crippen LogP contribution in [0.4, 0.5) is 0 Å². The fraction of sp³-hybridized carbons (Fsp3) is 1.00. The summed E-state index contributed by atoms with van der Waals surface area (Å²) in [5.74, 6) is 1.36. The lowest BCUT2D eigenvalue weighted by molar-refractivity contribution is 0.0595. The lowest BCUT2D eigenvalue weighted by Crippen LogP contribution is -2.24. The molecule has 0 saturated carbocycles. The van der Waals surface area contributed by atoms with Crippen LogP contribution in [0.2, 0.25) is 0 Å².